The second-order valence-corrected chi connectivity index (χ2v) is 6.08. The van der Waals surface area contributed by atoms with E-state index in [-0.39, 0.29) is 23.3 Å². The molecule has 0 aliphatic heterocycles. The lowest BCUT2D eigenvalue weighted by molar-refractivity contribution is -0.146. The molecule has 0 amide bonds. The number of esters is 2. The third-order valence-electron chi connectivity index (χ3n) is 4.32. The molecule has 112 valence electrons. The lowest BCUT2D eigenvalue weighted by atomic mass is 9.67. The van der Waals surface area contributed by atoms with E-state index in [1.807, 2.05) is 20.8 Å². The van der Waals surface area contributed by atoms with Gasteiger partial charge in [0.25, 0.3) is 0 Å². The molecule has 20 heavy (non-hydrogen) atoms. The molecule has 0 unspecified atom stereocenters. The van der Waals surface area contributed by atoms with E-state index in [4.69, 9.17) is 4.74 Å². The first-order chi connectivity index (χ1) is 9.12. The summed E-state index contributed by atoms with van der Waals surface area (Å²) >= 11 is 0. The van der Waals surface area contributed by atoms with Crippen LogP contribution >= 0.6 is 0 Å². The summed E-state index contributed by atoms with van der Waals surface area (Å²) in [5.41, 5.74) is -0.984. The minimum Gasteiger partial charge on any atom is -0.466 e. The van der Waals surface area contributed by atoms with E-state index in [2.05, 4.69) is 4.74 Å². The third-order valence-corrected chi connectivity index (χ3v) is 4.32. The van der Waals surface area contributed by atoms with Gasteiger partial charge in [-0.25, -0.2) is 4.79 Å². The molecule has 1 saturated carbocycles. The van der Waals surface area contributed by atoms with Crippen molar-refractivity contribution in [2.75, 3.05) is 7.11 Å². The largest absolute Gasteiger partial charge is 0.466 e. The zero-order valence-corrected chi connectivity index (χ0v) is 12.7. The van der Waals surface area contributed by atoms with Crippen molar-refractivity contribution in [3.63, 3.8) is 0 Å². The molecule has 0 N–H and O–H groups in total. The Labute approximate surface area is 119 Å². The van der Waals surface area contributed by atoms with Gasteiger partial charge in [-0.2, -0.15) is 0 Å². The second-order valence-electron chi connectivity index (χ2n) is 6.08. The molecular formula is C15H22O5. The number of allylic oxidation sites excluding steroid dienone is 1. The highest BCUT2D eigenvalue weighted by Crippen LogP contribution is 2.54. The third kappa shape index (κ3) is 3.26. The highest BCUT2D eigenvalue weighted by Gasteiger charge is 2.54. The van der Waals surface area contributed by atoms with Gasteiger partial charge in [0.2, 0.25) is 0 Å². The summed E-state index contributed by atoms with van der Waals surface area (Å²) in [4.78, 5) is 34.5. The Morgan fingerprint density at radius 3 is 2.20 bits per heavy atom. The Kier molecular flexibility index (Phi) is 4.73. The summed E-state index contributed by atoms with van der Waals surface area (Å²) in [6.45, 7) is 7.16. The molecule has 0 aromatic heterocycles. The number of hydrogen-bond donors (Lipinski definition) is 0. The molecule has 1 rings (SSSR count). The zero-order chi connectivity index (χ0) is 15.6. The summed E-state index contributed by atoms with van der Waals surface area (Å²) in [5.74, 6) is -1.05. The SMILES string of the molecule is COC(=O)/C=C/C(=O)[C@@]1(C)C[C@@H](OC(C)=O)CC1(C)C. The molecule has 5 nitrogen and oxygen atoms in total. The highest BCUT2D eigenvalue weighted by atomic mass is 16.5. The molecule has 5 heteroatoms. The molecule has 0 radical (unpaired) electrons. The smallest absolute Gasteiger partial charge is 0.330 e. The molecule has 0 aromatic rings. The van der Waals surface area contributed by atoms with Crippen molar-refractivity contribution in [3.05, 3.63) is 12.2 Å². The maximum absolute atomic E-state index is 12.4. The number of carbonyl (C=O) groups excluding carboxylic acids is 3. The van der Waals surface area contributed by atoms with Crippen molar-refractivity contribution in [2.45, 2.75) is 46.6 Å². The standard InChI is InChI=1S/C15H22O5/c1-10(16)20-11-8-14(2,3)15(4,9-11)12(17)6-7-13(18)19-5/h6-7,11H,8-9H2,1-5H3/b7-6+/t11-,15+/m0/s1. The zero-order valence-electron chi connectivity index (χ0n) is 12.7. The van der Waals surface area contributed by atoms with Crippen LogP contribution in [0.2, 0.25) is 0 Å². The Morgan fingerprint density at radius 1 is 1.10 bits per heavy atom. The average molecular weight is 282 g/mol. The minimum atomic E-state index is -0.669. The summed E-state index contributed by atoms with van der Waals surface area (Å²) in [6.07, 6.45) is 3.21. The quantitative estimate of drug-likeness (QED) is 0.583. The summed E-state index contributed by atoms with van der Waals surface area (Å²) in [6, 6.07) is 0. The topological polar surface area (TPSA) is 69.7 Å². The van der Waals surface area contributed by atoms with Gasteiger partial charge >= 0.3 is 11.9 Å². The fourth-order valence-corrected chi connectivity index (χ4v) is 2.75. The lowest BCUT2D eigenvalue weighted by Gasteiger charge is -2.35. The molecule has 0 spiro atoms. The van der Waals surface area contributed by atoms with Crippen LogP contribution in [-0.2, 0) is 23.9 Å². The van der Waals surface area contributed by atoms with Crippen LogP contribution in [0.4, 0.5) is 0 Å². The van der Waals surface area contributed by atoms with Crippen LogP contribution in [0.1, 0.15) is 40.5 Å². The Hall–Kier alpha value is -1.65. The monoisotopic (exact) mass is 282 g/mol. The average Bonchev–Trinajstić information content (AvgIpc) is 2.55. The number of rotatable bonds is 4. The Bertz CT molecular complexity index is 449. The van der Waals surface area contributed by atoms with Crippen molar-refractivity contribution >= 4 is 17.7 Å². The molecular weight excluding hydrogens is 260 g/mol. The van der Waals surface area contributed by atoms with E-state index in [0.29, 0.717) is 12.8 Å². The molecule has 2 atom stereocenters. The van der Waals surface area contributed by atoms with E-state index in [0.717, 1.165) is 6.08 Å². The van der Waals surface area contributed by atoms with Crippen molar-refractivity contribution in [3.8, 4) is 0 Å². The maximum atomic E-state index is 12.4. The van der Waals surface area contributed by atoms with Gasteiger partial charge in [-0.1, -0.05) is 20.8 Å². The van der Waals surface area contributed by atoms with Gasteiger partial charge in [-0.3, -0.25) is 9.59 Å². The molecule has 0 aromatic carbocycles. The van der Waals surface area contributed by atoms with E-state index in [1.165, 1.54) is 20.1 Å². The van der Waals surface area contributed by atoms with Gasteiger partial charge in [-0.05, 0) is 24.3 Å². The molecule has 0 saturated heterocycles. The fourth-order valence-electron chi connectivity index (χ4n) is 2.75. The van der Waals surface area contributed by atoms with E-state index < -0.39 is 11.4 Å². The lowest BCUT2D eigenvalue weighted by Crippen LogP contribution is -2.36. The van der Waals surface area contributed by atoms with Crippen LogP contribution in [0.3, 0.4) is 0 Å². The Balaban J connectivity index is 2.90. The van der Waals surface area contributed by atoms with E-state index >= 15 is 0 Å². The van der Waals surface area contributed by atoms with Gasteiger partial charge in [0.05, 0.1) is 7.11 Å². The molecule has 1 fully saturated rings. The highest BCUT2D eigenvalue weighted by molar-refractivity contribution is 5.99. The normalized spacial score (nSPS) is 28.4. The Morgan fingerprint density at radius 2 is 1.70 bits per heavy atom. The fraction of sp³-hybridized carbons (Fsp3) is 0.667. The predicted molar refractivity (Wildman–Crippen MR) is 72.8 cm³/mol. The van der Waals surface area contributed by atoms with Crippen molar-refractivity contribution in [2.24, 2.45) is 10.8 Å². The van der Waals surface area contributed by atoms with Gasteiger partial charge in [0.15, 0.2) is 5.78 Å². The summed E-state index contributed by atoms with van der Waals surface area (Å²) in [5, 5.41) is 0. The van der Waals surface area contributed by atoms with Crippen molar-refractivity contribution in [1.29, 1.82) is 0 Å². The number of ether oxygens (including phenoxy) is 2. The number of carbonyl (C=O) groups is 3. The van der Waals surface area contributed by atoms with Gasteiger partial charge < -0.3 is 9.47 Å². The first-order valence-corrected chi connectivity index (χ1v) is 6.60. The van der Waals surface area contributed by atoms with E-state index in [1.54, 1.807) is 0 Å². The number of hydrogen-bond acceptors (Lipinski definition) is 5. The van der Waals surface area contributed by atoms with Crippen molar-refractivity contribution < 1.29 is 23.9 Å². The second kappa shape index (κ2) is 5.77. The molecule has 0 heterocycles. The predicted octanol–water partition coefficient (Wildman–Crippen LogP) is 2.04. The van der Waals surface area contributed by atoms with Crippen LogP contribution < -0.4 is 0 Å². The van der Waals surface area contributed by atoms with Gasteiger partial charge in [-0.15, -0.1) is 0 Å². The van der Waals surface area contributed by atoms with Crippen LogP contribution in [-0.4, -0.2) is 30.9 Å². The van der Waals surface area contributed by atoms with Crippen LogP contribution in [0.5, 0.6) is 0 Å². The maximum Gasteiger partial charge on any atom is 0.330 e. The van der Waals surface area contributed by atoms with Crippen LogP contribution in [0.25, 0.3) is 0 Å². The number of methoxy groups -OCH3 is 1. The van der Waals surface area contributed by atoms with Gasteiger partial charge in [0.1, 0.15) is 6.10 Å². The first kappa shape index (κ1) is 16.4. The van der Waals surface area contributed by atoms with Crippen molar-refractivity contribution in [1.82, 2.24) is 0 Å². The first-order valence-electron chi connectivity index (χ1n) is 6.60. The molecule has 1 aliphatic carbocycles. The minimum absolute atomic E-state index is 0.150. The summed E-state index contributed by atoms with van der Waals surface area (Å²) < 4.78 is 9.71. The number of ketones is 1. The van der Waals surface area contributed by atoms with Crippen LogP contribution in [0.15, 0.2) is 12.2 Å². The molecule has 0 bridgehead atoms. The van der Waals surface area contributed by atoms with E-state index in [9.17, 15) is 14.4 Å². The van der Waals surface area contributed by atoms with Crippen LogP contribution in [0, 0.1) is 10.8 Å². The van der Waals surface area contributed by atoms with Gasteiger partial charge in [0, 0.05) is 18.4 Å². The summed E-state index contributed by atoms with van der Waals surface area (Å²) in [7, 11) is 1.26. The molecule has 1 aliphatic rings.